The SMILES string of the molecule is CCCCCCOc1ccc(-c2oc3cc(O[C@@H]4OC(CO)[C@@H](O)C(O)[C@@H]4O)cc(OCCCCCC)c3c(=O)c2OCC(C)C)cc1OCCCCCC. The third-order valence-electron chi connectivity index (χ3n) is 9.53. The van der Waals surface area contributed by atoms with E-state index in [2.05, 4.69) is 20.8 Å². The van der Waals surface area contributed by atoms with Crippen molar-refractivity contribution in [2.24, 2.45) is 5.92 Å². The maximum Gasteiger partial charge on any atom is 0.239 e. The summed E-state index contributed by atoms with van der Waals surface area (Å²) >= 11 is 0. The summed E-state index contributed by atoms with van der Waals surface area (Å²) in [6.07, 6.45) is 4.76. The van der Waals surface area contributed by atoms with Gasteiger partial charge in [0.2, 0.25) is 17.5 Å². The van der Waals surface area contributed by atoms with Crippen molar-refractivity contribution in [2.75, 3.05) is 33.0 Å². The van der Waals surface area contributed by atoms with Gasteiger partial charge in [-0.25, -0.2) is 0 Å². The Labute approximate surface area is 325 Å². The Balaban J connectivity index is 1.82. The molecule has 1 aliphatic heterocycles. The summed E-state index contributed by atoms with van der Waals surface area (Å²) in [5.41, 5.74) is 0.237. The molecule has 1 aromatic heterocycles. The summed E-state index contributed by atoms with van der Waals surface area (Å²) in [4.78, 5) is 14.5. The summed E-state index contributed by atoms with van der Waals surface area (Å²) in [6, 6.07) is 8.45. The lowest BCUT2D eigenvalue weighted by atomic mass is 9.99. The third-order valence-corrected chi connectivity index (χ3v) is 9.53. The van der Waals surface area contributed by atoms with Gasteiger partial charge in [-0.05, 0) is 43.4 Å². The van der Waals surface area contributed by atoms with E-state index in [1.807, 2.05) is 32.0 Å². The van der Waals surface area contributed by atoms with E-state index in [9.17, 15) is 25.2 Å². The second-order valence-electron chi connectivity index (χ2n) is 14.8. The molecule has 12 nitrogen and oxygen atoms in total. The summed E-state index contributed by atoms with van der Waals surface area (Å²) in [6.45, 7) is 11.5. The molecule has 308 valence electrons. The van der Waals surface area contributed by atoms with Crippen molar-refractivity contribution in [3.63, 3.8) is 0 Å². The molecule has 4 N–H and O–H groups in total. The van der Waals surface area contributed by atoms with Crippen LogP contribution in [-0.2, 0) is 4.74 Å². The number of fused-ring (bicyclic) bond motifs is 1. The van der Waals surface area contributed by atoms with E-state index < -0.39 is 42.7 Å². The van der Waals surface area contributed by atoms with Crippen LogP contribution in [0.15, 0.2) is 39.5 Å². The van der Waals surface area contributed by atoms with Gasteiger partial charge in [-0.2, -0.15) is 0 Å². The first-order chi connectivity index (χ1) is 26.6. The molecule has 5 atom stereocenters. The fourth-order valence-corrected chi connectivity index (χ4v) is 6.31. The zero-order valence-corrected chi connectivity index (χ0v) is 33.4. The first kappa shape index (κ1) is 44.2. The number of rotatable bonds is 25. The van der Waals surface area contributed by atoms with Crippen molar-refractivity contribution in [1.82, 2.24) is 0 Å². The zero-order valence-electron chi connectivity index (χ0n) is 33.4. The Bertz CT molecular complexity index is 1640. The number of unbranched alkanes of at least 4 members (excludes halogenated alkanes) is 9. The molecule has 0 saturated carbocycles. The van der Waals surface area contributed by atoms with Gasteiger partial charge in [-0.1, -0.05) is 92.4 Å². The largest absolute Gasteiger partial charge is 0.493 e. The Morgan fingerprint density at radius 3 is 1.87 bits per heavy atom. The molecule has 2 aromatic carbocycles. The molecule has 2 unspecified atom stereocenters. The van der Waals surface area contributed by atoms with Crippen LogP contribution in [0.2, 0.25) is 0 Å². The van der Waals surface area contributed by atoms with Crippen LogP contribution in [0.5, 0.6) is 28.7 Å². The van der Waals surface area contributed by atoms with Crippen LogP contribution in [0.1, 0.15) is 112 Å². The summed E-state index contributed by atoms with van der Waals surface area (Å²) < 4.78 is 43.1. The molecule has 3 aromatic rings. The molecule has 1 aliphatic rings. The minimum absolute atomic E-state index is 0.0294. The van der Waals surface area contributed by atoms with E-state index in [4.69, 9.17) is 32.8 Å². The zero-order chi connectivity index (χ0) is 39.7. The van der Waals surface area contributed by atoms with Gasteiger partial charge in [0.15, 0.2) is 17.3 Å². The van der Waals surface area contributed by atoms with Crippen LogP contribution >= 0.6 is 0 Å². The number of benzene rings is 2. The van der Waals surface area contributed by atoms with Crippen LogP contribution in [0, 0.1) is 5.92 Å². The Kier molecular flexibility index (Phi) is 18.4. The Morgan fingerprint density at radius 1 is 0.691 bits per heavy atom. The normalized spacial score (nSPS) is 19.9. The summed E-state index contributed by atoms with van der Waals surface area (Å²) in [5, 5.41) is 41.3. The summed E-state index contributed by atoms with van der Waals surface area (Å²) in [7, 11) is 0. The molecule has 0 radical (unpaired) electrons. The number of aliphatic hydroxyl groups excluding tert-OH is 4. The number of aliphatic hydroxyl groups is 4. The highest BCUT2D eigenvalue weighted by Crippen LogP contribution is 2.40. The quantitative estimate of drug-likeness (QED) is 0.0626. The predicted octanol–water partition coefficient (Wildman–Crippen LogP) is 7.55. The molecular weight excluding hydrogens is 708 g/mol. The van der Waals surface area contributed by atoms with Crippen molar-refractivity contribution in [1.29, 1.82) is 0 Å². The van der Waals surface area contributed by atoms with Crippen LogP contribution in [-0.4, -0.2) is 84.2 Å². The highest BCUT2D eigenvalue weighted by Gasteiger charge is 2.45. The van der Waals surface area contributed by atoms with Crippen molar-refractivity contribution in [3.05, 3.63) is 40.6 Å². The number of ether oxygens (including phenoxy) is 6. The standard InChI is InChI=1S/C43H64O12/c1-6-9-12-15-20-49-31-19-18-29(23-32(31)50-21-16-13-10-7-2)41-42(52-27-28(4)5)38(46)36-33(51-22-17-14-11-8-3)24-30(25-34(36)54-41)53-43-40(48)39(47)37(45)35(26-44)55-43/h18-19,23-25,28,35,37,39-40,43-45,47-48H,6-17,20-22,26-27H2,1-5H3/t35?,37-,39?,40+,43-/m1/s1. The lowest BCUT2D eigenvalue weighted by Crippen LogP contribution is -2.60. The van der Waals surface area contributed by atoms with Crippen molar-refractivity contribution in [3.8, 4) is 40.1 Å². The molecule has 0 bridgehead atoms. The van der Waals surface area contributed by atoms with Gasteiger partial charge in [0.1, 0.15) is 46.9 Å². The van der Waals surface area contributed by atoms with E-state index in [1.54, 1.807) is 0 Å². The molecular formula is C43H64O12. The van der Waals surface area contributed by atoms with Gasteiger partial charge >= 0.3 is 0 Å². The molecule has 12 heteroatoms. The topological polar surface area (TPSA) is 167 Å². The lowest BCUT2D eigenvalue weighted by Gasteiger charge is -2.39. The van der Waals surface area contributed by atoms with Crippen LogP contribution < -0.4 is 29.1 Å². The lowest BCUT2D eigenvalue weighted by molar-refractivity contribution is -0.277. The molecule has 1 fully saturated rings. The maximum atomic E-state index is 14.5. The maximum absolute atomic E-state index is 14.5. The predicted molar refractivity (Wildman–Crippen MR) is 212 cm³/mol. The summed E-state index contributed by atoms with van der Waals surface area (Å²) in [5.74, 6) is 1.76. The molecule has 0 amide bonds. The van der Waals surface area contributed by atoms with Gasteiger partial charge < -0.3 is 53.3 Å². The smallest absolute Gasteiger partial charge is 0.239 e. The molecule has 2 heterocycles. The second kappa shape index (κ2) is 22.9. The molecule has 1 saturated heterocycles. The van der Waals surface area contributed by atoms with Crippen LogP contribution in [0.25, 0.3) is 22.3 Å². The van der Waals surface area contributed by atoms with Crippen LogP contribution in [0.4, 0.5) is 0 Å². The van der Waals surface area contributed by atoms with E-state index in [0.717, 1.165) is 77.0 Å². The van der Waals surface area contributed by atoms with Gasteiger partial charge in [0, 0.05) is 17.7 Å². The Morgan fingerprint density at radius 2 is 1.29 bits per heavy atom. The van der Waals surface area contributed by atoms with E-state index in [0.29, 0.717) is 36.9 Å². The third kappa shape index (κ3) is 12.5. The van der Waals surface area contributed by atoms with E-state index in [-0.39, 0.29) is 46.5 Å². The minimum atomic E-state index is -1.64. The van der Waals surface area contributed by atoms with Crippen molar-refractivity contribution >= 4 is 11.0 Å². The van der Waals surface area contributed by atoms with Crippen molar-refractivity contribution < 1.29 is 53.3 Å². The van der Waals surface area contributed by atoms with Gasteiger partial charge in [-0.15, -0.1) is 0 Å². The monoisotopic (exact) mass is 772 g/mol. The first-order valence-corrected chi connectivity index (χ1v) is 20.4. The minimum Gasteiger partial charge on any atom is -0.493 e. The first-order valence-electron chi connectivity index (χ1n) is 20.4. The highest BCUT2D eigenvalue weighted by atomic mass is 16.7. The van der Waals surface area contributed by atoms with Crippen molar-refractivity contribution in [2.45, 2.75) is 142 Å². The molecule has 4 rings (SSSR count). The molecule has 0 spiro atoms. The Hall–Kier alpha value is -3.55. The van der Waals surface area contributed by atoms with Gasteiger partial charge in [-0.3, -0.25) is 4.79 Å². The highest BCUT2D eigenvalue weighted by molar-refractivity contribution is 5.89. The average Bonchev–Trinajstić information content (AvgIpc) is 3.17. The molecule has 55 heavy (non-hydrogen) atoms. The average molecular weight is 773 g/mol. The van der Waals surface area contributed by atoms with E-state index in [1.165, 1.54) is 12.1 Å². The fourth-order valence-electron chi connectivity index (χ4n) is 6.31. The molecule has 0 aliphatic carbocycles. The fraction of sp³-hybridized carbons (Fsp3) is 0.651. The number of hydrogen-bond donors (Lipinski definition) is 4. The second-order valence-corrected chi connectivity index (χ2v) is 14.8. The van der Waals surface area contributed by atoms with E-state index >= 15 is 0 Å². The number of hydrogen-bond acceptors (Lipinski definition) is 12. The van der Waals surface area contributed by atoms with Gasteiger partial charge in [0.25, 0.3) is 0 Å². The van der Waals surface area contributed by atoms with Gasteiger partial charge in [0.05, 0.1) is 33.0 Å². The van der Waals surface area contributed by atoms with Crippen LogP contribution in [0.3, 0.4) is 0 Å².